The second-order valence-electron chi connectivity index (χ2n) is 6.83. The minimum absolute atomic E-state index is 0.0674. The molecule has 1 heterocycles. The highest BCUT2D eigenvalue weighted by Crippen LogP contribution is 2.39. The minimum atomic E-state index is -0.712. The molecule has 1 atom stereocenters. The molecule has 0 saturated heterocycles. The number of carbonyl (C=O) groups is 2. The molecule has 9 heteroatoms. The van der Waals surface area contributed by atoms with Crippen LogP contribution in [0.15, 0.2) is 30.3 Å². The number of carbonyl (C=O) groups excluding carboxylic acids is 2. The molecule has 1 aliphatic rings. The molecule has 2 amide bonds. The number of methoxy groups -OCH3 is 1. The van der Waals surface area contributed by atoms with E-state index in [2.05, 4.69) is 0 Å². The molecule has 2 aromatic carbocycles. The topological polar surface area (TPSA) is 79.3 Å². The number of aliphatic hydroxyl groups is 1. The summed E-state index contributed by atoms with van der Waals surface area (Å²) in [6.45, 7) is 1.35. The first kappa shape index (κ1) is 21.9. The van der Waals surface area contributed by atoms with E-state index in [9.17, 15) is 9.59 Å². The fourth-order valence-electron chi connectivity index (χ4n) is 3.34. The molecule has 0 aliphatic carbocycles. The molecule has 2 aromatic rings. The van der Waals surface area contributed by atoms with Crippen molar-refractivity contribution in [3.8, 4) is 5.75 Å². The van der Waals surface area contributed by atoms with Crippen LogP contribution in [0.2, 0.25) is 5.02 Å². The molecule has 0 radical (unpaired) electrons. The van der Waals surface area contributed by atoms with Gasteiger partial charge in [0.2, 0.25) is 0 Å². The van der Waals surface area contributed by atoms with Gasteiger partial charge in [0.25, 0.3) is 0 Å². The van der Waals surface area contributed by atoms with Crippen LogP contribution >= 0.6 is 11.6 Å². The second-order valence-corrected chi connectivity index (χ2v) is 7.24. The van der Waals surface area contributed by atoms with Gasteiger partial charge in [-0.15, -0.1) is 0 Å². The Morgan fingerprint density at radius 1 is 1.30 bits per heavy atom. The van der Waals surface area contributed by atoms with Crippen LogP contribution in [0, 0.1) is 5.82 Å². The molecule has 3 rings (SSSR count). The third kappa shape index (κ3) is 3.93. The first-order valence-corrected chi connectivity index (χ1v) is 9.65. The van der Waals surface area contributed by atoms with Crippen molar-refractivity contribution >= 4 is 29.3 Å². The lowest BCUT2D eigenvalue weighted by Gasteiger charge is -2.39. The van der Waals surface area contributed by atoms with E-state index in [4.69, 9.17) is 26.2 Å². The number of benzene rings is 2. The largest absolute Gasteiger partial charge is 0.488 e. The average molecular weight is 437 g/mol. The second kappa shape index (κ2) is 8.89. The number of urea groups is 1. The number of ether oxygens (including phenoxy) is 2. The number of rotatable bonds is 6. The number of halogens is 2. The molecular formula is C21H22ClFN2O5. The van der Waals surface area contributed by atoms with Crippen molar-refractivity contribution in [2.24, 2.45) is 0 Å². The number of esters is 1. The molecule has 0 saturated carbocycles. The Labute approximate surface area is 178 Å². The molecule has 0 bridgehead atoms. The fourth-order valence-corrected chi connectivity index (χ4v) is 3.55. The van der Waals surface area contributed by atoms with E-state index in [1.165, 1.54) is 29.0 Å². The summed E-state index contributed by atoms with van der Waals surface area (Å²) in [6, 6.07) is 7.16. The van der Waals surface area contributed by atoms with E-state index in [0.717, 1.165) is 5.56 Å². The van der Waals surface area contributed by atoms with Crippen LogP contribution < -0.4 is 9.64 Å². The molecule has 160 valence electrons. The van der Waals surface area contributed by atoms with Crippen molar-refractivity contribution in [3.63, 3.8) is 0 Å². The van der Waals surface area contributed by atoms with Gasteiger partial charge in [-0.05, 0) is 36.8 Å². The van der Waals surface area contributed by atoms with E-state index in [-0.39, 0.29) is 53.7 Å². The highest BCUT2D eigenvalue weighted by molar-refractivity contribution is 6.31. The van der Waals surface area contributed by atoms with Crippen LogP contribution in [0.5, 0.6) is 5.75 Å². The predicted molar refractivity (Wildman–Crippen MR) is 110 cm³/mol. The first-order valence-electron chi connectivity index (χ1n) is 9.27. The van der Waals surface area contributed by atoms with E-state index < -0.39 is 11.8 Å². The molecule has 0 aromatic heterocycles. The molecule has 0 unspecified atom stereocenters. The maximum atomic E-state index is 15.0. The zero-order valence-electron chi connectivity index (χ0n) is 16.8. The standard InChI is InChI=1S/C21H22ClFN2O5/c1-12-14-5-4-13(20(27)29-3)10-17(14)25(21(28)24(12)2)11-15-16(22)6-7-18(19(15)23)30-9-8-26/h4-7,10,12,26H,8-9,11H2,1-3H3/t12-/m0/s1. The highest BCUT2D eigenvalue weighted by atomic mass is 35.5. The minimum Gasteiger partial charge on any atom is -0.488 e. The van der Waals surface area contributed by atoms with Gasteiger partial charge in [-0.2, -0.15) is 0 Å². The summed E-state index contributed by atoms with van der Waals surface area (Å²) in [5.74, 6) is -1.32. The lowest BCUT2D eigenvalue weighted by atomic mass is 9.98. The molecule has 30 heavy (non-hydrogen) atoms. The lowest BCUT2D eigenvalue weighted by molar-refractivity contribution is 0.0600. The smallest absolute Gasteiger partial charge is 0.337 e. The van der Waals surface area contributed by atoms with E-state index >= 15 is 4.39 Å². The van der Waals surface area contributed by atoms with Crippen molar-refractivity contribution in [2.45, 2.75) is 19.5 Å². The highest BCUT2D eigenvalue weighted by Gasteiger charge is 2.34. The zero-order chi connectivity index (χ0) is 22.0. The van der Waals surface area contributed by atoms with Crippen molar-refractivity contribution in [3.05, 3.63) is 57.9 Å². The third-order valence-electron chi connectivity index (χ3n) is 5.12. The summed E-state index contributed by atoms with van der Waals surface area (Å²) < 4.78 is 25.0. The molecule has 1 aliphatic heterocycles. The quantitative estimate of drug-likeness (QED) is 0.697. The zero-order valence-corrected chi connectivity index (χ0v) is 17.6. The van der Waals surface area contributed by atoms with E-state index in [1.807, 2.05) is 6.92 Å². The van der Waals surface area contributed by atoms with E-state index in [1.54, 1.807) is 25.2 Å². The monoisotopic (exact) mass is 436 g/mol. The normalized spacial score (nSPS) is 15.8. The van der Waals surface area contributed by atoms with Gasteiger partial charge < -0.3 is 19.5 Å². The van der Waals surface area contributed by atoms with Gasteiger partial charge in [0.1, 0.15) is 6.61 Å². The predicted octanol–water partition coefficient (Wildman–Crippen LogP) is 3.77. The average Bonchev–Trinajstić information content (AvgIpc) is 2.75. The van der Waals surface area contributed by atoms with Crippen LogP contribution in [-0.2, 0) is 11.3 Å². The number of fused-ring (bicyclic) bond motifs is 1. The van der Waals surface area contributed by atoms with Crippen molar-refractivity contribution < 1.29 is 28.6 Å². The summed E-state index contributed by atoms with van der Waals surface area (Å²) in [6.07, 6.45) is 0. The van der Waals surface area contributed by atoms with Gasteiger partial charge in [0, 0.05) is 17.6 Å². The first-order chi connectivity index (χ1) is 14.3. The van der Waals surface area contributed by atoms with Gasteiger partial charge >= 0.3 is 12.0 Å². The lowest BCUT2D eigenvalue weighted by Crippen LogP contribution is -2.46. The number of anilines is 1. The Kier molecular flexibility index (Phi) is 6.48. The Morgan fingerprint density at radius 3 is 2.70 bits per heavy atom. The Hall–Kier alpha value is -2.84. The molecule has 0 fully saturated rings. The Bertz CT molecular complexity index is 984. The number of hydrogen-bond donors (Lipinski definition) is 1. The summed E-state index contributed by atoms with van der Waals surface area (Å²) >= 11 is 6.23. The van der Waals surface area contributed by atoms with Crippen LogP contribution in [0.1, 0.15) is 34.5 Å². The van der Waals surface area contributed by atoms with Crippen LogP contribution in [-0.4, -0.2) is 49.4 Å². The molecule has 7 nitrogen and oxygen atoms in total. The summed E-state index contributed by atoms with van der Waals surface area (Å²) in [5, 5.41) is 9.05. The summed E-state index contributed by atoms with van der Waals surface area (Å²) in [4.78, 5) is 27.9. The number of aliphatic hydroxyl groups excluding tert-OH is 1. The molecular weight excluding hydrogens is 415 g/mol. The Balaban J connectivity index is 2.07. The van der Waals surface area contributed by atoms with Gasteiger partial charge in [-0.3, -0.25) is 4.90 Å². The fraction of sp³-hybridized carbons (Fsp3) is 0.333. The summed E-state index contributed by atoms with van der Waals surface area (Å²) in [5.41, 5.74) is 1.62. The van der Waals surface area contributed by atoms with Crippen molar-refractivity contribution in [2.75, 3.05) is 32.3 Å². The molecule has 0 spiro atoms. The van der Waals surface area contributed by atoms with Crippen LogP contribution in [0.25, 0.3) is 0 Å². The van der Waals surface area contributed by atoms with Crippen LogP contribution in [0.4, 0.5) is 14.9 Å². The van der Waals surface area contributed by atoms with Gasteiger partial charge in [-0.25, -0.2) is 14.0 Å². The molecule has 1 N–H and O–H groups in total. The Morgan fingerprint density at radius 2 is 2.03 bits per heavy atom. The van der Waals surface area contributed by atoms with Gasteiger partial charge in [0.15, 0.2) is 11.6 Å². The SMILES string of the molecule is COC(=O)c1ccc2c(c1)N(Cc1c(Cl)ccc(OCCO)c1F)C(=O)N(C)[C@H]2C. The summed E-state index contributed by atoms with van der Waals surface area (Å²) in [7, 11) is 2.92. The van der Waals surface area contributed by atoms with Crippen molar-refractivity contribution in [1.29, 1.82) is 0 Å². The number of nitrogens with zero attached hydrogens (tertiary/aromatic N) is 2. The van der Waals surface area contributed by atoms with Crippen molar-refractivity contribution in [1.82, 2.24) is 4.90 Å². The number of hydrogen-bond acceptors (Lipinski definition) is 5. The number of amides is 2. The maximum absolute atomic E-state index is 15.0. The van der Waals surface area contributed by atoms with E-state index in [0.29, 0.717) is 5.69 Å². The van der Waals surface area contributed by atoms with Gasteiger partial charge in [-0.1, -0.05) is 17.7 Å². The van der Waals surface area contributed by atoms with Gasteiger partial charge in [0.05, 0.1) is 37.6 Å². The van der Waals surface area contributed by atoms with Crippen LogP contribution in [0.3, 0.4) is 0 Å². The third-order valence-corrected chi connectivity index (χ3v) is 5.48. The maximum Gasteiger partial charge on any atom is 0.337 e.